The first-order chi connectivity index (χ1) is 7.35. The Bertz CT molecular complexity index is 297. The minimum Gasteiger partial charge on any atom is -0.413 e. The summed E-state index contributed by atoms with van der Waals surface area (Å²) in [5, 5.41) is 0.285. The molecule has 100 valence electrons. The Kier molecular flexibility index (Phi) is 5.71. The van der Waals surface area contributed by atoms with Gasteiger partial charge in [-0.3, -0.25) is 0 Å². The minimum atomic E-state index is -1.62. The SMILES string of the molecule is C[C@H](CC#C[Si](C)(C)C)O[Si](C)(C)C(C)(C)C. The van der Waals surface area contributed by atoms with Crippen molar-refractivity contribution >= 4 is 16.4 Å². The van der Waals surface area contributed by atoms with Crippen molar-refractivity contribution < 1.29 is 4.43 Å². The van der Waals surface area contributed by atoms with Crippen LogP contribution < -0.4 is 0 Å². The first kappa shape index (κ1) is 17.0. The summed E-state index contributed by atoms with van der Waals surface area (Å²) in [5.74, 6) is 3.31. The Hall–Kier alpha value is -0.0462. The molecule has 0 aromatic heterocycles. The summed E-state index contributed by atoms with van der Waals surface area (Å²) in [6, 6.07) is 0. The molecule has 17 heavy (non-hydrogen) atoms. The van der Waals surface area contributed by atoms with E-state index >= 15 is 0 Å². The van der Waals surface area contributed by atoms with Crippen molar-refractivity contribution in [2.75, 3.05) is 0 Å². The third kappa shape index (κ3) is 7.07. The summed E-state index contributed by atoms with van der Waals surface area (Å²) >= 11 is 0. The highest BCUT2D eigenvalue weighted by molar-refractivity contribution is 6.83. The topological polar surface area (TPSA) is 9.23 Å². The van der Waals surface area contributed by atoms with Gasteiger partial charge in [-0.2, -0.15) is 0 Å². The van der Waals surface area contributed by atoms with Crippen LogP contribution in [0.2, 0.25) is 37.8 Å². The normalized spacial score (nSPS) is 15.1. The van der Waals surface area contributed by atoms with Crippen LogP contribution >= 0.6 is 0 Å². The Morgan fingerprint density at radius 2 is 1.53 bits per heavy atom. The van der Waals surface area contributed by atoms with Gasteiger partial charge < -0.3 is 4.43 Å². The molecule has 1 atom stereocenters. The third-order valence-corrected chi connectivity index (χ3v) is 8.69. The molecule has 0 spiro atoms. The van der Waals surface area contributed by atoms with Crippen molar-refractivity contribution in [2.45, 2.75) is 78.0 Å². The van der Waals surface area contributed by atoms with Crippen LogP contribution in [0.4, 0.5) is 0 Å². The average molecular weight is 271 g/mol. The van der Waals surface area contributed by atoms with Crippen LogP contribution in [-0.2, 0) is 4.43 Å². The van der Waals surface area contributed by atoms with Crippen LogP contribution in [0.1, 0.15) is 34.1 Å². The van der Waals surface area contributed by atoms with E-state index in [2.05, 4.69) is 71.9 Å². The Morgan fingerprint density at radius 1 is 1.06 bits per heavy atom. The zero-order valence-corrected chi connectivity index (χ0v) is 15.2. The summed E-state index contributed by atoms with van der Waals surface area (Å²) in [4.78, 5) is 0. The lowest BCUT2D eigenvalue weighted by molar-refractivity contribution is 0.204. The van der Waals surface area contributed by atoms with Crippen molar-refractivity contribution in [3.8, 4) is 11.5 Å². The summed E-state index contributed by atoms with van der Waals surface area (Å²) in [6.45, 7) is 20.4. The fourth-order valence-electron chi connectivity index (χ4n) is 1.18. The van der Waals surface area contributed by atoms with Gasteiger partial charge in [-0.25, -0.2) is 0 Å². The quantitative estimate of drug-likeness (QED) is 0.535. The summed E-state index contributed by atoms with van der Waals surface area (Å²) in [6.07, 6.45) is 1.14. The maximum Gasteiger partial charge on any atom is 0.192 e. The van der Waals surface area contributed by atoms with Gasteiger partial charge in [-0.05, 0) is 25.1 Å². The second-order valence-electron chi connectivity index (χ2n) is 7.44. The molecule has 0 heterocycles. The number of hydrogen-bond acceptors (Lipinski definition) is 1. The van der Waals surface area contributed by atoms with E-state index in [1.807, 2.05) is 0 Å². The standard InChI is InChI=1S/C14H30OSi2/c1-13(11-10-12-16(5,6)7)15-17(8,9)14(2,3)4/h13H,11H2,1-9H3/t13-/m1/s1. The van der Waals surface area contributed by atoms with Crippen LogP contribution in [-0.4, -0.2) is 22.5 Å². The Morgan fingerprint density at radius 3 is 1.88 bits per heavy atom. The zero-order chi connectivity index (χ0) is 13.9. The van der Waals surface area contributed by atoms with Crippen LogP contribution in [0.5, 0.6) is 0 Å². The molecule has 0 aliphatic heterocycles. The fraction of sp³-hybridized carbons (Fsp3) is 0.857. The van der Waals surface area contributed by atoms with Crippen molar-refractivity contribution in [1.29, 1.82) is 0 Å². The lowest BCUT2D eigenvalue weighted by Gasteiger charge is -2.38. The smallest absolute Gasteiger partial charge is 0.192 e. The molecule has 0 aliphatic carbocycles. The summed E-state index contributed by atoms with van der Waals surface area (Å²) in [7, 11) is -2.84. The van der Waals surface area contributed by atoms with Gasteiger partial charge in [0.1, 0.15) is 8.07 Å². The molecule has 0 aliphatic rings. The highest BCUT2D eigenvalue weighted by atomic mass is 28.4. The summed E-state index contributed by atoms with van der Waals surface area (Å²) in [5.41, 5.74) is 3.40. The predicted molar refractivity (Wildman–Crippen MR) is 83.5 cm³/mol. The molecular weight excluding hydrogens is 240 g/mol. The molecule has 0 saturated carbocycles. The zero-order valence-electron chi connectivity index (χ0n) is 13.2. The van der Waals surface area contributed by atoms with Gasteiger partial charge in [-0.1, -0.05) is 40.4 Å². The molecular formula is C14H30OSi2. The fourth-order valence-corrected chi connectivity index (χ4v) is 3.26. The van der Waals surface area contributed by atoms with Gasteiger partial charge in [0.25, 0.3) is 0 Å². The summed E-state index contributed by atoms with van der Waals surface area (Å²) < 4.78 is 6.27. The molecule has 1 nitrogen and oxygen atoms in total. The molecule has 0 saturated heterocycles. The van der Waals surface area contributed by atoms with Gasteiger partial charge in [0, 0.05) is 6.42 Å². The maximum absolute atomic E-state index is 6.27. The van der Waals surface area contributed by atoms with E-state index in [0.29, 0.717) is 0 Å². The number of rotatable bonds is 3. The van der Waals surface area contributed by atoms with Crippen LogP contribution in [0.25, 0.3) is 0 Å². The second-order valence-corrected chi connectivity index (χ2v) is 17.0. The minimum absolute atomic E-state index is 0.264. The molecule has 0 aromatic rings. The predicted octanol–water partition coefficient (Wildman–Crippen LogP) is 4.67. The first-order valence-corrected chi connectivity index (χ1v) is 12.9. The van der Waals surface area contributed by atoms with E-state index in [9.17, 15) is 0 Å². The molecule has 0 unspecified atom stereocenters. The van der Waals surface area contributed by atoms with E-state index in [1.54, 1.807) is 0 Å². The molecule has 0 fully saturated rings. The third-order valence-electron chi connectivity index (χ3n) is 3.15. The monoisotopic (exact) mass is 270 g/mol. The highest BCUT2D eigenvalue weighted by Crippen LogP contribution is 2.37. The molecule has 0 radical (unpaired) electrons. The molecule has 0 aromatic carbocycles. The Labute approximate surface area is 110 Å². The van der Waals surface area contributed by atoms with Crippen molar-refractivity contribution in [3.63, 3.8) is 0 Å². The lowest BCUT2D eigenvalue weighted by Crippen LogP contribution is -2.43. The molecule has 3 heteroatoms. The number of hydrogen-bond donors (Lipinski definition) is 0. The van der Waals surface area contributed by atoms with E-state index in [0.717, 1.165) is 6.42 Å². The molecule has 0 bridgehead atoms. The maximum atomic E-state index is 6.27. The second kappa shape index (κ2) is 5.73. The van der Waals surface area contributed by atoms with Gasteiger partial charge in [0.15, 0.2) is 8.32 Å². The highest BCUT2D eigenvalue weighted by Gasteiger charge is 2.38. The molecule has 0 amide bonds. The van der Waals surface area contributed by atoms with E-state index in [-0.39, 0.29) is 11.1 Å². The molecule has 0 rings (SSSR count). The van der Waals surface area contributed by atoms with E-state index < -0.39 is 16.4 Å². The van der Waals surface area contributed by atoms with Crippen molar-refractivity contribution in [1.82, 2.24) is 0 Å². The Balaban J connectivity index is 4.37. The van der Waals surface area contributed by atoms with Crippen LogP contribution in [0, 0.1) is 11.5 Å². The van der Waals surface area contributed by atoms with Gasteiger partial charge >= 0.3 is 0 Å². The van der Waals surface area contributed by atoms with Gasteiger partial charge in [-0.15, -0.1) is 11.5 Å². The van der Waals surface area contributed by atoms with Crippen molar-refractivity contribution in [2.24, 2.45) is 0 Å². The van der Waals surface area contributed by atoms with Crippen LogP contribution in [0.15, 0.2) is 0 Å². The van der Waals surface area contributed by atoms with Crippen LogP contribution in [0.3, 0.4) is 0 Å². The van der Waals surface area contributed by atoms with Gasteiger partial charge in [0.2, 0.25) is 0 Å². The molecule has 0 N–H and O–H groups in total. The van der Waals surface area contributed by atoms with E-state index in [1.165, 1.54) is 0 Å². The largest absolute Gasteiger partial charge is 0.413 e. The average Bonchev–Trinajstić information content (AvgIpc) is 1.97. The lowest BCUT2D eigenvalue weighted by atomic mass is 10.2. The van der Waals surface area contributed by atoms with Gasteiger partial charge in [0.05, 0.1) is 6.10 Å². The van der Waals surface area contributed by atoms with E-state index in [4.69, 9.17) is 4.43 Å². The first-order valence-electron chi connectivity index (χ1n) is 6.53. The van der Waals surface area contributed by atoms with Crippen molar-refractivity contribution in [3.05, 3.63) is 0 Å².